The lowest BCUT2D eigenvalue weighted by Gasteiger charge is -2.41. The molecule has 3 aliphatic rings. The molecule has 2 aromatic rings. The molecule has 5 rings (SSSR count). The molecule has 3 heterocycles. The number of aromatic nitrogens is 3. The predicted octanol–water partition coefficient (Wildman–Crippen LogP) is 2.52. The Kier molecular flexibility index (Phi) is 4.20. The first kappa shape index (κ1) is 17.2. The molecule has 142 valence electrons. The highest BCUT2D eigenvalue weighted by molar-refractivity contribution is 6.31. The first-order chi connectivity index (χ1) is 13.1. The van der Waals surface area contributed by atoms with Crippen LogP contribution in [0.4, 0.5) is 0 Å². The van der Waals surface area contributed by atoms with Crippen LogP contribution in [-0.4, -0.2) is 44.2 Å². The van der Waals surface area contributed by atoms with Crippen molar-refractivity contribution >= 4 is 17.5 Å². The minimum atomic E-state index is -0.198. The summed E-state index contributed by atoms with van der Waals surface area (Å²) in [5.74, 6) is 2.47. The standard InChI is InChI=1S/C20H24ClN5O/c21-16-4-2-1-3-15(16)12-25-9-7-20(8-10-25)11-17-22-19(14-5-6-14)24-26(17)13-18(27)23-20/h1-4,14H,5-13H2,(H,23,27). The highest BCUT2D eigenvalue weighted by Crippen LogP contribution is 2.39. The predicted molar refractivity (Wildman–Crippen MR) is 103 cm³/mol. The van der Waals surface area contributed by atoms with Crippen LogP contribution in [-0.2, 0) is 24.3 Å². The Hall–Kier alpha value is -1.92. The summed E-state index contributed by atoms with van der Waals surface area (Å²) in [6.07, 6.45) is 4.98. The summed E-state index contributed by atoms with van der Waals surface area (Å²) >= 11 is 6.31. The molecule has 2 fully saturated rings. The number of halogens is 1. The van der Waals surface area contributed by atoms with E-state index in [1.54, 1.807) is 0 Å². The van der Waals surface area contributed by atoms with Crippen LogP contribution < -0.4 is 5.32 Å². The third-order valence-corrected chi connectivity index (χ3v) is 6.44. The summed E-state index contributed by atoms with van der Waals surface area (Å²) in [5.41, 5.74) is 0.963. The summed E-state index contributed by atoms with van der Waals surface area (Å²) in [5, 5.41) is 8.72. The molecule has 27 heavy (non-hydrogen) atoms. The van der Waals surface area contributed by atoms with Gasteiger partial charge in [0.05, 0.1) is 0 Å². The summed E-state index contributed by atoms with van der Waals surface area (Å²) in [6, 6.07) is 8.02. The molecule has 6 nitrogen and oxygen atoms in total. The summed E-state index contributed by atoms with van der Waals surface area (Å²) in [6.45, 7) is 3.02. The van der Waals surface area contributed by atoms with Crippen LogP contribution >= 0.6 is 11.6 Å². The number of carbonyl (C=O) groups excluding carboxylic acids is 1. The molecule has 1 aromatic heterocycles. The van der Waals surface area contributed by atoms with Crippen molar-refractivity contribution in [3.05, 3.63) is 46.5 Å². The normalized spacial score (nSPS) is 22.3. The molecule has 0 bridgehead atoms. The van der Waals surface area contributed by atoms with Gasteiger partial charge in [-0.15, -0.1) is 0 Å². The molecular formula is C20H24ClN5O. The minimum absolute atomic E-state index is 0.0561. The molecule has 0 unspecified atom stereocenters. The monoisotopic (exact) mass is 385 g/mol. The van der Waals surface area contributed by atoms with Gasteiger partial charge in [-0.25, -0.2) is 9.67 Å². The number of hydrogen-bond acceptors (Lipinski definition) is 4. The van der Waals surface area contributed by atoms with Gasteiger partial charge in [0.1, 0.15) is 12.4 Å². The highest BCUT2D eigenvalue weighted by atomic mass is 35.5. The average molecular weight is 386 g/mol. The van der Waals surface area contributed by atoms with Gasteiger partial charge in [-0.1, -0.05) is 29.8 Å². The zero-order chi connectivity index (χ0) is 18.4. The molecule has 1 spiro atoms. The largest absolute Gasteiger partial charge is 0.349 e. The lowest BCUT2D eigenvalue weighted by Crippen LogP contribution is -2.56. The third-order valence-electron chi connectivity index (χ3n) is 6.07. The maximum atomic E-state index is 12.5. The summed E-state index contributed by atoms with van der Waals surface area (Å²) in [4.78, 5) is 19.7. The van der Waals surface area contributed by atoms with Gasteiger partial charge in [0.25, 0.3) is 0 Å². The van der Waals surface area contributed by atoms with E-state index in [1.807, 2.05) is 22.9 Å². The first-order valence-corrected chi connectivity index (χ1v) is 10.2. The van der Waals surface area contributed by atoms with Gasteiger partial charge in [0.2, 0.25) is 5.91 Å². The van der Waals surface area contributed by atoms with E-state index in [9.17, 15) is 4.79 Å². The molecule has 1 N–H and O–H groups in total. The van der Waals surface area contributed by atoms with Crippen LogP contribution in [0.2, 0.25) is 5.02 Å². The fraction of sp³-hybridized carbons (Fsp3) is 0.550. The van der Waals surface area contributed by atoms with E-state index in [0.29, 0.717) is 12.5 Å². The molecule has 0 atom stereocenters. The van der Waals surface area contributed by atoms with E-state index >= 15 is 0 Å². The summed E-state index contributed by atoms with van der Waals surface area (Å²) in [7, 11) is 0. The van der Waals surface area contributed by atoms with E-state index in [-0.39, 0.29) is 11.4 Å². The Morgan fingerprint density at radius 3 is 2.74 bits per heavy atom. The van der Waals surface area contributed by atoms with Crippen LogP contribution in [0.5, 0.6) is 0 Å². The lowest BCUT2D eigenvalue weighted by molar-refractivity contribution is -0.123. The first-order valence-electron chi connectivity index (χ1n) is 9.81. The number of nitrogens with one attached hydrogen (secondary N) is 1. The Balaban J connectivity index is 1.30. The summed E-state index contributed by atoms with van der Waals surface area (Å²) < 4.78 is 1.83. The van der Waals surface area contributed by atoms with E-state index in [4.69, 9.17) is 16.6 Å². The second kappa shape index (κ2) is 6.60. The van der Waals surface area contributed by atoms with E-state index in [1.165, 1.54) is 12.8 Å². The smallest absolute Gasteiger partial charge is 0.242 e. The van der Waals surface area contributed by atoms with Gasteiger partial charge in [0.15, 0.2) is 5.82 Å². The number of carbonyl (C=O) groups is 1. The topological polar surface area (TPSA) is 63.1 Å². The van der Waals surface area contributed by atoms with Crippen LogP contribution in [0, 0.1) is 0 Å². The van der Waals surface area contributed by atoms with Crippen molar-refractivity contribution in [1.82, 2.24) is 25.0 Å². The Morgan fingerprint density at radius 1 is 1.22 bits per heavy atom. The van der Waals surface area contributed by atoms with Crippen LogP contribution in [0.25, 0.3) is 0 Å². The van der Waals surface area contributed by atoms with Gasteiger partial charge in [-0.3, -0.25) is 9.69 Å². The zero-order valence-electron chi connectivity index (χ0n) is 15.3. The molecule has 1 aliphatic carbocycles. The van der Waals surface area contributed by atoms with Crippen molar-refractivity contribution in [3.8, 4) is 0 Å². The molecule has 1 saturated heterocycles. The number of fused-ring (bicyclic) bond motifs is 1. The molecule has 0 radical (unpaired) electrons. The van der Waals surface area contributed by atoms with Gasteiger partial charge in [-0.2, -0.15) is 5.10 Å². The van der Waals surface area contributed by atoms with Gasteiger partial charge in [-0.05, 0) is 37.3 Å². The second-order valence-electron chi connectivity index (χ2n) is 8.19. The number of benzene rings is 1. The van der Waals surface area contributed by atoms with E-state index in [0.717, 1.165) is 61.1 Å². The third kappa shape index (κ3) is 3.48. The fourth-order valence-corrected chi connectivity index (χ4v) is 4.49. The van der Waals surface area contributed by atoms with Gasteiger partial charge < -0.3 is 5.32 Å². The molecule has 2 aliphatic heterocycles. The Morgan fingerprint density at radius 2 is 2.00 bits per heavy atom. The van der Waals surface area contributed by atoms with Crippen LogP contribution in [0.3, 0.4) is 0 Å². The number of likely N-dealkylation sites (tertiary alicyclic amines) is 1. The zero-order valence-corrected chi connectivity index (χ0v) is 16.1. The van der Waals surface area contributed by atoms with Crippen molar-refractivity contribution in [3.63, 3.8) is 0 Å². The van der Waals surface area contributed by atoms with Crippen LogP contribution in [0.15, 0.2) is 24.3 Å². The van der Waals surface area contributed by atoms with Crippen molar-refractivity contribution in [2.75, 3.05) is 13.1 Å². The minimum Gasteiger partial charge on any atom is -0.349 e. The van der Waals surface area contributed by atoms with Crippen molar-refractivity contribution in [2.24, 2.45) is 0 Å². The van der Waals surface area contributed by atoms with E-state index in [2.05, 4.69) is 21.4 Å². The SMILES string of the molecule is O=C1Cn2nc(C3CC3)nc2CC2(CCN(Cc3ccccc3Cl)CC2)N1. The van der Waals surface area contributed by atoms with E-state index < -0.39 is 0 Å². The fourth-order valence-electron chi connectivity index (χ4n) is 4.29. The number of piperidine rings is 1. The quantitative estimate of drug-likeness (QED) is 0.881. The highest BCUT2D eigenvalue weighted by Gasteiger charge is 2.40. The number of rotatable bonds is 3. The average Bonchev–Trinajstić information content (AvgIpc) is 3.44. The number of hydrogen-bond donors (Lipinski definition) is 1. The maximum Gasteiger partial charge on any atom is 0.242 e. The molecule has 7 heteroatoms. The van der Waals surface area contributed by atoms with Crippen molar-refractivity contribution < 1.29 is 4.79 Å². The van der Waals surface area contributed by atoms with Crippen LogP contribution in [0.1, 0.15) is 48.8 Å². The molecule has 1 amide bonds. The lowest BCUT2D eigenvalue weighted by atomic mass is 9.84. The second-order valence-corrected chi connectivity index (χ2v) is 8.60. The molecule has 1 aromatic carbocycles. The van der Waals surface area contributed by atoms with Crippen molar-refractivity contribution in [1.29, 1.82) is 0 Å². The number of nitrogens with zero attached hydrogens (tertiary/aromatic N) is 4. The Bertz CT molecular complexity index is 867. The van der Waals surface area contributed by atoms with Crippen molar-refractivity contribution in [2.45, 2.75) is 56.7 Å². The molecule has 1 saturated carbocycles. The molecular weight excluding hydrogens is 362 g/mol. The van der Waals surface area contributed by atoms with Gasteiger partial charge >= 0.3 is 0 Å². The van der Waals surface area contributed by atoms with Gasteiger partial charge in [0, 0.05) is 42.5 Å². The Labute approximate surface area is 163 Å². The maximum absolute atomic E-state index is 12.5. The number of amides is 1.